The first-order valence-electron chi connectivity index (χ1n) is 6.12. The maximum absolute atomic E-state index is 10.3. The van der Waals surface area contributed by atoms with Crippen LogP contribution in [0, 0.1) is 0 Å². The summed E-state index contributed by atoms with van der Waals surface area (Å²) in [4.78, 5) is 0. The van der Waals surface area contributed by atoms with Gasteiger partial charge in [0.1, 0.15) is 0 Å². The lowest BCUT2D eigenvalue weighted by molar-refractivity contribution is -0.0992. The minimum atomic E-state index is -0.811. The van der Waals surface area contributed by atoms with Gasteiger partial charge >= 0.3 is 0 Å². The number of hydrogen-bond acceptors (Lipinski definition) is 3. The molecule has 1 fully saturated rings. The van der Waals surface area contributed by atoms with Crippen LogP contribution in [0.25, 0.3) is 0 Å². The fourth-order valence-corrected chi connectivity index (χ4v) is 3.21. The molecule has 0 radical (unpaired) electrons. The molecule has 16 heavy (non-hydrogen) atoms. The topological polar surface area (TPSA) is 40.5 Å². The highest BCUT2D eigenvalue weighted by Gasteiger charge is 2.36. The Kier molecular flexibility index (Phi) is 4.00. The van der Waals surface area contributed by atoms with E-state index in [1.165, 1.54) is 12.0 Å². The first-order chi connectivity index (χ1) is 7.71. The Morgan fingerprint density at radius 1 is 1.31 bits per heavy atom. The third-order valence-electron chi connectivity index (χ3n) is 3.63. The van der Waals surface area contributed by atoms with Gasteiger partial charge in [-0.05, 0) is 48.1 Å². The van der Waals surface area contributed by atoms with Gasteiger partial charge in [0.15, 0.2) is 0 Å². The van der Waals surface area contributed by atoms with Crippen LogP contribution in [0.2, 0.25) is 0 Å². The number of hydrogen-bond donors (Lipinski definition) is 2. The molecule has 1 saturated carbocycles. The number of aliphatic hydroxyl groups excluding tert-OH is 1. The summed E-state index contributed by atoms with van der Waals surface area (Å²) in [5.74, 6) is 0. The molecule has 90 valence electrons. The van der Waals surface area contributed by atoms with Crippen LogP contribution in [0.3, 0.4) is 0 Å². The maximum atomic E-state index is 10.3. The van der Waals surface area contributed by atoms with E-state index >= 15 is 0 Å². The van der Waals surface area contributed by atoms with Crippen LogP contribution in [-0.4, -0.2) is 21.9 Å². The Balaban J connectivity index is 1.84. The molecule has 2 rings (SSSR count). The van der Waals surface area contributed by atoms with Crippen LogP contribution in [0.4, 0.5) is 0 Å². The van der Waals surface area contributed by atoms with Crippen molar-refractivity contribution in [1.29, 1.82) is 0 Å². The van der Waals surface area contributed by atoms with Gasteiger partial charge in [-0.2, -0.15) is 11.3 Å². The molecule has 1 atom stereocenters. The van der Waals surface area contributed by atoms with E-state index in [9.17, 15) is 10.2 Å². The Morgan fingerprint density at radius 3 is 2.69 bits per heavy atom. The number of thiophene rings is 1. The molecule has 0 aromatic carbocycles. The lowest BCUT2D eigenvalue weighted by Gasteiger charge is -2.36. The van der Waals surface area contributed by atoms with E-state index in [1.807, 2.05) is 0 Å². The molecule has 1 unspecified atom stereocenters. The van der Waals surface area contributed by atoms with Gasteiger partial charge in [0.2, 0.25) is 0 Å². The van der Waals surface area contributed by atoms with Gasteiger partial charge in [0.05, 0.1) is 11.7 Å². The second kappa shape index (κ2) is 5.30. The summed E-state index contributed by atoms with van der Waals surface area (Å²) in [6.07, 6.45) is 5.79. The lowest BCUT2D eigenvalue weighted by atomic mass is 9.79. The van der Waals surface area contributed by atoms with Crippen molar-refractivity contribution in [2.24, 2.45) is 0 Å². The molecule has 1 aliphatic carbocycles. The standard InChI is InChI=1S/C13H20O2S/c14-12(5-4-11-6-9-16-10-11)13(15)7-2-1-3-8-13/h6,9-10,12,14-15H,1-5,7-8H2. The molecule has 2 nitrogen and oxygen atoms in total. The summed E-state index contributed by atoms with van der Waals surface area (Å²) in [5.41, 5.74) is 0.456. The second-order valence-electron chi connectivity index (χ2n) is 4.85. The Bertz CT molecular complexity index is 302. The minimum absolute atomic E-state index is 0.562. The average molecular weight is 240 g/mol. The summed E-state index contributed by atoms with van der Waals surface area (Å²) in [7, 11) is 0. The zero-order valence-corrected chi connectivity index (χ0v) is 10.4. The molecular weight excluding hydrogens is 220 g/mol. The van der Waals surface area contributed by atoms with E-state index in [0.717, 1.165) is 32.1 Å². The molecule has 1 heterocycles. The molecule has 0 aliphatic heterocycles. The van der Waals surface area contributed by atoms with Gasteiger partial charge in [-0.3, -0.25) is 0 Å². The summed E-state index contributed by atoms with van der Waals surface area (Å²) in [6, 6.07) is 2.09. The van der Waals surface area contributed by atoms with Gasteiger partial charge in [-0.1, -0.05) is 19.3 Å². The summed E-state index contributed by atoms with van der Waals surface area (Å²) < 4.78 is 0. The van der Waals surface area contributed by atoms with E-state index in [1.54, 1.807) is 11.3 Å². The van der Waals surface area contributed by atoms with Crippen molar-refractivity contribution in [3.05, 3.63) is 22.4 Å². The first kappa shape index (κ1) is 12.1. The van der Waals surface area contributed by atoms with Crippen molar-refractivity contribution in [2.75, 3.05) is 0 Å². The number of aryl methyl sites for hydroxylation is 1. The molecule has 0 bridgehead atoms. The zero-order chi connectivity index (χ0) is 11.4. The third-order valence-corrected chi connectivity index (χ3v) is 4.36. The smallest absolute Gasteiger partial charge is 0.0905 e. The van der Waals surface area contributed by atoms with Crippen molar-refractivity contribution >= 4 is 11.3 Å². The highest BCUT2D eigenvalue weighted by atomic mass is 32.1. The van der Waals surface area contributed by atoms with Gasteiger partial charge in [0, 0.05) is 0 Å². The molecule has 1 aliphatic rings. The first-order valence-corrected chi connectivity index (χ1v) is 7.06. The molecule has 1 aromatic heterocycles. The normalized spacial score (nSPS) is 21.9. The van der Waals surface area contributed by atoms with E-state index in [4.69, 9.17) is 0 Å². The van der Waals surface area contributed by atoms with Crippen LogP contribution >= 0.6 is 11.3 Å². The zero-order valence-electron chi connectivity index (χ0n) is 9.56. The van der Waals surface area contributed by atoms with E-state index in [-0.39, 0.29) is 0 Å². The van der Waals surface area contributed by atoms with Crippen molar-refractivity contribution in [3.8, 4) is 0 Å². The predicted octanol–water partition coefficient (Wildman–Crippen LogP) is 2.74. The SMILES string of the molecule is OC(CCc1ccsc1)C1(O)CCCCC1. The van der Waals surface area contributed by atoms with E-state index < -0.39 is 11.7 Å². The van der Waals surface area contributed by atoms with Gasteiger partial charge < -0.3 is 10.2 Å². The fraction of sp³-hybridized carbons (Fsp3) is 0.692. The van der Waals surface area contributed by atoms with Crippen LogP contribution < -0.4 is 0 Å². The molecule has 1 aromatic rings. The molecule has 0 amide bonds. The number of aliphatic hydroxyl groups is 2. The maximum Gasteiger partial charge on any atom is 0.0905 e. The van der Waals surface area contributed by atoms with Crippen LogP contribution in [0.1, 0.15) is 44.1 Å². The van der Waals surface area contributed by atoms with Crippen LogP contribution in [0.15, 0.2) is 16.8 Å². The molecule has 0 spiro atoms. The Morgan fingerprint density at radius 2 is 2.06 bits per heavy atom. The lowest BCUT2D eigenvalue weighted by Crippen LogP contribution is -2.44. The fourth-order valence-electron chi connectivity index (χ4n) is 2.50. The second-order valence-corrected chi connectivity index (χ2v) is 5.63. The van der Waals surface area contributed by atoms with Crippen LogP contribution in [-0.2, 0) is 6.42 Å². The number of rotatable bonds is 4. The molecule has 2 N–H and O–H groups in total. The van der Waals surface area contributed by atoms with Crippen molar-refractivity contribution in [2.45, 2.75) is 56.7 Å². The van der Waals surface area contributed by atoms with Gasteiger partial charge in [-0.15, -0.1) is 0 Å². The van der Waals surface area contributed by atoms with Gasteiger partial charge in [-0.25, -0.2) is 0 Å². The summed E-state index contributed by atoms with van der Waals surface area (Å²) >= 11 is 1.68. The average Bonchev–Trinajstić information content (AvgIpc) is 2.79. The van der Waals surface area contributed by atoms with Crippen molar-refractivity contribution in [3.63, 3.8) is 0 Å². The monoisotopic (exact) mass is 240 g/mol. The third kappa shape index (κ3) is 2.84. The van der Waals surface area contributed by atoms with Crippen molar-refractivity contribution < 1.29 is 10.2 Å². The predicted molar refractivity (Wildman–Crippen MR) is 66.7 cm³/mol. The van der Waals surface area contributed by atoms with Crippen LogP contribution in [0.5, 0.6) is 0 Å². The highest BCUT2D eigenvalue weighted by Crippen LogP contribution is 2.32. The molecule has 0 saturated heterocycles. The van der Waals surface area contributed by atoms with E-state index in [0.29, 0.717) is 6.42 Å². The minimum Gasteiger partial charge on any atom is -0.390 e. The summed E-state index contributed by atoms with van der Waals surface area (Å²) in [5, 5.41) is 24.6. The molecular formula is C13H20O2S. The quantitative estimate of drug-likeness (QED) is 0.849. The molecule has 3 heteroatoms. The largest absolute Gasteiger partial charge is 0.390 e. The Hall–Kier alpha value is -0.380. The summed E-state index contributed by atoms with van der Waals surface area (Å²) in [6.45, 7) is 0. The van der Waals surface area contributed by atoms with E-state index in [2.05, 4.69) is 16.8 Å². The Labute approximate surface area is 101 Å². The van der Waals surface area contributed by atoms with Gasteiger partial charge in [0.25, 0.3) is 0 Å². The highest BCUT2D eigenvalue weighted by molar-refractivity contribution is 7.07. The van der Waals surface area contributed by atoms with Crippen molar-refractivity contribution in [1.82, 2.24) is 0 Å².